The number of hydrogen-bond donors (Lipinski definition) is 1. The van der Waals surface area contributed by atoms with Crippen molar-refractivity contribution in [3.05, 3.63) is 71.9 Å². The second kappa shape index (κ2) is 8.22. The van der Waals surface area contributed by atoms with Crippen LogP contribution >= 0.6 is 0 Å². The van der Waals surface area contributed by atoms with E-state index in [0.29, 0.717) is 44.2 Å². The maximum absolute atomic E-state index is 13.8. The van der Waals surface area contributed by atoms with Crippen molar-refractivity contribution in [3.8, 4) is 11.5 Å². The average molecular weight is 460 g/mol. The number of hydrogen-bond acceptors (Lipinski definition) is 5. The smallest absolute Gasteiger partial charge is 0.247 e. The number of carbonyl (C=O) groups excluding carboxylic acids is 2. The van der Waals surface area contributed by atoms with Crippen molar-refractivity contribution >= 4 is 22.7 Å². The molecule has 174 valence electrons. The van der Waals surface area contributed by atoms with Gasteiger partial charge in [-0.1, -0.05) is 30.8 Å². The summed E-state index contributed by atoms with van der Waals surface area (Å²) in [6, 6.07) is 12.5. The standard InChI is InChI=1S/C26H25N3O5/c1-2-23(30)29-20(26(31)28-9-11-32-12-10-28)14-18-17-5-3-4-6-19(17)27-24(18)25(29)16-7-8-21-22(13-16)34-15-33-21/h2-8,13,20,25,27H,1,9-12,14-15H2/t20?,25-/m0/s1. The lowest BCUT2D eigenvalue weighted by atomic mass is 9.87. The van der Waals surface area contributed by atoms with Gasteiger partial charge < -0.3 is 29.0 Å². The highest BCUT2D eigenvalue weighted by molar-refractivity contribution is 5.96. The molecule has 6 rings (SSSR count). The predicted molar refractivity (Wildman–Crippen MR) is 125 cm³/mol. The highest BCUT2D eigenvalue weighted by Crippen LogP contribution is 2.44. The summed E-state index contributed by atoms with van der Waals surface area (Å²) in [5.74, 6) is 0.931. The molecule has 2 aromatic carbocycles. The minimum atomic E-state index is -0.661. The van der Waals surface area contributed by atoms with Crippen LogP contribution in [0.4, 0.5) is 0 Å². The van der Waals surface area contributed by atoms with Gasteiger partial charge in [-0.3, -0.25) is 9.59 Å². The van der Waals surface area contributed by atoms with Crippen LogP contribution in [0.3, 0.4) is 0 Å². The van der Waals surface area contributed by atoms with Crippen LogP contribution in [-0.4, -0.2) is 65.7 Å². The highest BCUT2D eigenvalue weighted by atomic mass is 16.7. The molecule has 1 unspecified atom stereocenters. The Balaban J connectivity index is 1.53. The van der Waals surface area contributed by atoms with Gasteiger partial charge in [0, 0.05) is 36.1 Å². The van der Waals surface area contributed by atoms with Crippen LogP contribution in [0.2, 0.25) is 0 Å². The first kappa shape index (κ1) is 20.8. The maximum Gasteiger partial charge on any atom is 0.247 e. The molecule has 3 aromatic rings. The number of nitrogens with zero attached hydrogens (tertiary/aromatic N) is 2. The zero-order valence-electron chi connectivity index (χ0n) is 18.7. The Kier molecular flexibility index (Phi) is 5.03. The molecule has 2 amide bonds. The Morgan fingerprint density at radius 3 is 2.68 bits per heavy atom. The zero-order chi connectivity index (χ0) is 23.2. The summed E-state index contributed by atoms with van der Waals surface area (Å²) >= 11 is 0. The number of nitrogens with one attached hydrogen (secondary N) is 1. The molecule has 34 heavy (non-hydrogen) atoms. The van der Waals surface area contributed by atoms with Gasteiger partial charge in [-0.05, 0) is 35.4 Å². The molecule has 1 saturated heterocycles. The number of morpholine rings is 1. The molecule has 0 radical (unpaired) electrons. The molecule has 1 fully saturated rings. The number of fused-ring (bicyclic) bond motifs is 4. The fourth-order valence-electron chi connectivity index (χ4n) is 5.28. The molecule has 8 heteroatoms. The lowest BCUT2D eigenvalue weighted by Gasteiger charge is -2.43. The number of rotatable bonds is 3. The van der Waals surface area contributed by atoms with Crippen LogP contribution in [0.1, 0.15) is 22.9 Å². The van der Waals surface area contributed by atoms with Crippen LogP contribution in [0.15, 0.2) is 55.1 Å². The van der Waals surface area contributed by atoms with Gasteiger partial charge in [-0.2, -0.15) is 0 Å². The van der Waals surface area contributed by atoms with E-state index in [1.807, 2.05) is 36.4 Å². The first-order valence-electron chi connectivity index (χ1n) is 11.5. The summed E-state index contributed by atoms with van der Waals surface area (Å²) in [6.07, 6.45) is 1.71. The normalized spacial score (nSPS) is 21.4. The van der Waals surface area contributed by atoms with Crippen molar-refractivity contribution < 1.29 is 23.8 Å². The molecule has 0 saturated carbocycles. The molecular weight excluding hydrogens is 434 g/mol. The van der Waals surface area contributed by atoms with Gasteiger partial charge in [0.25, 0.3) is 0 Å². The fraction of sp³-hybridized carbons (Fsp3) is 0.308. The van der Waals surface area contributed by atoms with E-state index in [1.54, 1.807) is 9.80 Å². The van der Waals surface area contributed by atoms with Crippen molar-refractivity contribution in [3.63, 3.8) is 0 Å². The minimum absolute atomic E-state index is 0.0693. The van der Waals surface area contributed by atoms with Gasteiger partial charge >= 0.3 is 0 Å². The lowest BCUT2D eigenvalue weighted by Crippen LogP contribution is -2.56. The van der Waals surface area contributed by atoms with Gasteiger partial charge in [0.05, 0.1) is 19.3 Å². The number of carbonyl (C=O) groups is 2. The van der Waals surface area contributed by atoms with Crippen LogP contribution < -0.4 is 9.47 Å². The Labute approximate surface area is 196 Å². The number of benzene rings is 2. The lowest BCUT2D eigenvalue weighted by molar-refractivity contribution is -0.148. The van der Waals surface area contributed by atoms with E-state index in [-0.39, 0.29) is 18.6 Å². The van der Waals surface area contributed by atoms with E-state index in [4.69, 9.17) is 14.2 Å². The first-order valence-corrected chi connectivity index (χ1v) is 11.5. The maximum atomic E-state index is 13.8. The van der Waals surface area contributed by atoms with Crippen LogP contribution in [0.5, 0.6) is 11.5 Å². The summed E-state index contributed by atoms with van der Waals surface area (Å²) in [7, 11) is 0. The molecule has 4 heterocycles. The van der Waals surface area contributed by atoms with Crippen molar-refractivity contribution in [1.29, 1.82) is 0 Å². The highest BCUT2D eigenvalue weighted by Gasteiger charge is 2.44. The third-order valence-corrected chi connectivity index (χ3v) is 6.88. The third-order valence-electron chi connectivity index (χ3n) is 6.88. The van der Waals surface area contributed by atoms with Crippen molar-refractivity contribution in [2.24, 2.45) is 0 Å². The van der Waals surface area contributed by atoms with Crippen LogP contribution in [0, 0.1) is 0 Å². The topological polar surface area (TPSA) is 84.1 Å². The molecule has 3 aliphatic heterocycles. The van der Waals surface area contributed by atoms with Gasteiger partial charge in [0.1, 0.15) is 6.04 Å². The number of aromatic amines is 1. The number of amides is 2. The molecule has 1 aromatic heterocycles. The van der Waals surface area contributed by atoms with E-state index in [1.165, 1.54) is 6.08 Å². The van der Waals surface area contributed by atoms with E-state index in [9.17, 15) is 9.59 Å². The molecule has 0 bridgehead atoms. The van der Waals surface area contributed by atoms with E-state index in [0.717, 1.165) is 27.7 Å². The van der Waals surface area contributed by atoms with E-state index < -0.39 is 12.1 Å². The Morgan fingerprint density at radius 1 is 1.06 bits per heavy atom. The molecule has 3 aliphatic rings. The van der Waals surface area contributed by atoms with Crippen molar-refractivity contribution in [2.45, 2.75) is 18.5 Å². The predicted octanol–water partition coefficient (Wildman–Crippen LogP) is 2.78. The molecule has 2 atom stereocenters. The Morgan fingerprint density at radius 2 is 1.85 bits per heavy atom. The average Bonchev–Trinajstić information content (AvgIpc) is 3.51. The first-order chi connectivity index (χ1) is 16.7. The summed E-state index contributed by atoms with van der Waals surface area (Å²) in [6.45, 7) is 5.92. The number of H-pyrrole nitrogens is 1. The fourth-order valence-corrected chi connectivity index (χ4v) is 5.28. The quantitative estimate of drug-likeness (QED) is 0.609. The number of aromatic nitrogens is 1. The Bertz CT molecular complexity index is 1290. The summed E-state index contributed by atoms with van der Waals surface area (Å²) in [5.41, 5.74) is 3.77. The van der Waals surface area contributed by atoms with Crippen LogP contribution in [-0.2, 0) is 20.7 Å². The molecular formula is C26H25N3O5. The molecule has 0 spiro atoms. The van der Waals surface area contributed by atoms with E-state index in [2.05, 4.69) is 17.6 Å². The summed E-state index contributed by atoms with van der Waals surface area (Å²) in [5, 5.41) is 1.06. The monoisotopic (exact) mass is 459 g/mol. The van der Waals surface area contributed by atoms with Gasteiger partial charge in [-0.25, -0.2) is 0 Å². The van der Waals surface area contributed by atoms with E-state index >= 15 is 0 Å². The van der Waals surface area contributed by atoms with Crippen molar-refractivity contribution in [1.82, 2.24) is 14.8 Å². The SMILES string of the molecule is C=CC(=O)N1C(C(=O)N2CCOCC2)Cc2c([nH]c3ccccc23)[C@@H]1c1ccc2c(c1)OCO2. The second-order valence-corrected chi connectivity index (χ2v) is 8.69. The zero-order valence-corrected chi connectivity index (χ0v) is 18.7. The summed E-state index contributed by atoms with van der Waals surface area (Å²) in [4.78, 5) is 34.2. The van der Waals surface area contributed by atoms with Gasteiger partial charge in [0.15, 0.2) is 11.5 Å². The molecule has 0 aliphatic carbocycles. The second-order valence-electron chi connectivity index (χ2n) is 8.69. The number of ether oxygens (including phenoxy) is 3. The largest absolute Gasteiger partial charge is 0.454 e. The van der Waals surface area contributed by atoms with Gasteiger partial charge in [-0.15, -0.1) is 0 Å². The number of para-hydroxylation sites is 1. The molecule has 8 nitrogen and oxygen atoms in total. The van der Waals surface area contributed by atoms with Crippen molar-refractivity contribution in [2.75, 3.05) is 33.1 Å². The third kappa shape index (κ3) is 3.25. The molecule has 1 N–H and O–H groups in total. The van der Waals surface area contributed by atoms with Gasteiger partial charge in [0.2, 0.25) is 18.6 Å². The van der Waals surface area contributed by atoms with Crippen LogP contribution in [0.25, 0.3) is 10.9 Å². The Hall–Kier alpha value is -3.78. The minimum Gasteiger partial charge on any atom is -0.454 e. The summed E-state index contributed by atoms with van der Waals surface area (Å²) < 4.78 is 16.6.